The maximum Gasteiger partial charge on any atom is 0.307 e. The lowest BCUT2D eigenvalue weighted by Crippen LogP contribution is -2.02. The van der Waals surface area contributed by atoms with Crippen LogP contribution < -0.4 is 0 Å². The Kier molecular flexibility index (Phi) is 1.74. The van der Waals surface area contributed by atoms with Crippen molar-refractivity contribution in [2.24, 2.45) is 11.3 Å². The van der Waals surface area contributed by atoms with Gasteiger partial charge in [0.05, 0.1) is 5.92 Å². The molecule has 0 bridgehead atoms. The average Bonchev–Trinajstić information content (AvgIpc) is 2.42. The molecule has 0 spiro atoms. The summed E-state index contributed by atoms with van der Waals surface area (Å²) in [5.41, 5.74) is -0.171. The van der Waals surface area contributed by atoms with Crippen LogP contribution in [0.1, 0.15) is 31.3 Å². The van der Waals surface area contributed by atoms with Crippen molar-refractivity contribution in [1.82, 2.24) is 0 Å². The summed E-state index contributed by atoms with van der Waals surface area (Å²) in [5, 5.41) is 8.99. The number of aliphatic carboxylic acids is 1. The van der Waals surface area contributed by atoms with Crippen LogP contribution in [0.5, 0.6) is 0 Å². The normalized spacial score (nSPS) is 28.8. The SMILES string of the molecule is Cc1ccc([C@@H]2[C@@H](C(=O)O)C2(C)C)o1. The van der Waals surface area contributed by atoms with Gasteiger partial charge >= 0.3 is 5.97 Å². The molecule has 0 aliphatic heterocycles. The van der Waals surface area contributed by atoms with Gasteiger partial charge in [-0.2, -0.15) is 0 Å². The van der Waals surface area contributed by atoms with Gasteiger partial charge in [-0.3, -0.25) is 4.79 Å². The standard InChI is InChI=1S/C11H14O3/c1-6-4-5-7(14-6)8-9(10(12)13)11(8,2)3/h4-5,8-9H,1-3H3,(H,12,13)/t8-,9+/m1/s1. The van der Waals surface area contributed by atoms with Gasteiger partial charge in [0.2, 0.25) is 0 Å². The Labute approximate surface area is 82.7 Å². The van der Waals surface area contributed by atoms with Gasteiger partial charge in [-0.15, -0.1) is 0 Å². The fourth-order valence-electron chi connectivity index (χ4n) is 2.25. The largest absolute Gasteiger partial charge is 0.481 e. The number of furan rings is 1. The zero-order valence-corrected chi connectivity index (χ0v) is 8.57. The molecule has 2 rings (SSSR count). The van der Waals surface area contributed by atoms with E-state index < -0.39 is 5.97 Å². The second kappa shape index (κ2) is 2.62. The van der Waals surface area contributed by atoms with Crippen molar-refractivity contribution in [1.29, 1.82) is 0 Å². The molecule has 76 valence electrons. The first-order valence-corrected chi connectivity index (χ1v) is 4.73. The minimum atomic E-state index is -0.728. The third-order valence-corrected chi connectivity index (χ3v) is 3.16. The van der Waals surface area contributed by atoms with E-state index in [4.69, 9.17) is 9.52 Å². The molecule has 0 amide bonds. The molecule has 3 heteroatoms. The van der Waals surface area contributed by atoms with Crippen molar-refractivity contribution in [3.63, 3.8) is 0 Å². The van der Waals surface area contributed by atoms with Crippen LogP contribution >= 0.6 is 0 Å². The number of aryl methyl sites for hydroxylation is 1. The second-order valence-corrected chi connectivity index (χ2v) is 4.56. The van der Waals surface area contributed by atoms with Gasteiger partial charge in [0.15, 0.2) is 0 Å². The van der Waals surface area contributed by atoms with Gasteiger partial charge in [-0.25, -0.2) is 0 Å². The van der Waals surface area contributed by atoms with Crippen LogP contribution in [0.3, 0.4) is 0 Å². The number of hydrogen-bond donors (Lipinski definition) is 1. The molecule has 1 aromatic heterocycles. The van der Waals surface area contributed by atoms with E-state index >= 15 is 0 Å². The zero-order chi connectivity index (χ0) is 10.5. The lowest BCUT2D eigenvalue weighted by Gasteiger charge is -1.97. The molecule has 0 saturated heterocycles. The topological polar surface area (TPSA) is 50.4 Å². The molecule has 1 aliphatic carbocycles. The van der Waals surface area contributed by atoms with Crippen molar-refractivity contribution in [2.75, 3.05) is 0 Å². The maximum atomic E-state index is 10.9. The third-order valence-electron chi connectivity index (χ3n) is 3.16. The summed E-state index contributed by atoms with van der Waals surface area (Å²) >= 11 is 0. The highest BCUT2D eigenvalue weighted by molar-refractivity contribution is 5.77. The minimum Gasteiger partial charge on any atom is -0.481 e. The Bertz CT molecular complexity index is 376. The fourth-order valence-corrected chi connectivity index (χ4v) is 2.25. The van der Waals surface area contributed by atoms with Crippen LogP contribution in [0, 0.1) is 18.3 Å². The zero-order valence-electron chi connectivity index (χ0n) is 8.57. The number of carboxylic acid groups (broad SMARTS) is 1. The fraction of sp³-hybridized carbons (Fsp3) is 0.545. The summed E-state index contributed by atoms with van der Waals surface area (Å²) in [5.74, 6) is 0.655. The highest BCUT2D eigenvalue weighted by atomic mass is 16.4. The molecular formula is C11H14O3. The Morgan fingerprint density at radius 2 is 2.14 bits per heavy atom. The summed E-state index contributed by atoms with van der Waals surface area (Å²) in [4.78, 5) is 10.9. The van der Waals surface area contributed by atoms with Crippen molar-refractivity contribution in [3.05, 3.63) is 23.7 Å². The minimum absolute atomic E-state index is 0.0358. The quantitative estimate of drug-likeness (QED) is 0.786. The van der Waals surface area contributed by atoms with Crippen LogP contribution in [0.2, 0.25) is 0 Å². The molecule has 1 heterocycles. The second-order valence-electron chi connectivity index (χ2n) is 4.56. The number of rotatable bonds is 2. The lowest BCUT2D eigenvalue weighted by atomic mass is 10.1. The summed E-state index contributed by atoms with van der Waals surface area (Å²) in [7, 11) is 0. The van der Waals surface area contributed by atoms with Gasteiger partial charge in [-0.1, -0.05) is 13.8 Å². The smallest absolute Gasteiger partial charge is 0.307 e. The Morgan fingerprint density at radius 1 is 1.50 bits per heavy atom. The van der Waals surface area contributed by atoms with Gasteiger partial charge in [0, 0.05) is 5.92 Å². The van der Waals surface area contributed by atoms with Crippen LogP contribution in [-0.2, 0) is 4.79 Å². The van der Waals surface area contributed by atoms with Gasteiger partial charge in [0.1, 0.15) is 11.5 Å². The Morgan fingerprint density at radius 3 is 2.50 bits per heavy atom. The molecule has 3 nitrogen and oxygen atoms in total. The monoisotopic (exact) mass is 194 g/mol. The van der Waals surface area contributed by atoms with Crippen molar-refractivity contribution < 1.29 is 14.3 Å². The first-order valence-electron chi connectivity index (χ1n) is 4.73. The van der Waals surface area contributed by atoms with E-state index in [-0.39, 0.29) is 17.3 Å². The highest BCUT2D eigenvalue weighted by Gasteiger charge is 2.64. The molecule has 0 radical (unpaired) electrons. The van der Waals surface area contributed by atoms with Gasteiger partial charge in [-0.05, 0) is 24.5 Å². The van der Waals surface area contributed by atoms with E-state index in [9.17, 15) is 4.79 Å². The average molecular weight is 194 g/mol. The van der Waals surface area contributed by atoms with Crippen LogP contribution in [-0.4, -0.2) is 11.1 Å². The van der Waals surface area contributed by atoms with E-state index in [1.165, 1.54) is 0 Å². The Balaban J connectivity index is 2.27. The number of hydrogen-bond acceptors (Lipinski definition) is 2. The summed E-state index contributed by atoms with van der Waals surface area (Å²) < 4.78 is 5.46. The Hall–Kier alpha value is -1.25. The molecule has 1 aliphatic rings. The molecule has 2 atom stereocenters. The lowest BCUT2D eigenvalue weighted by molar-refractivity contribution is -0.139. The predicted molar refractivity (Wildman–Crippen MR) is 51.1 cm³/mol. The van der Waals surface area contributed by atoms with Crippen molar-refractivity contribution >= 4 is 5.97 Å². The molecule has 1 fully saturated rings. The first-order chi connectivity index (χ1) is 6.44. The van der Waals surface area contributed by atoms with E-state index in [2.05, 4.69) is 0 Å². The first kappa shape index (κ1) is 9.31. The molecular weight excluding hydrogens is 180 g/mol. The molecule has 0 aromatic carbocycles. The highest BCUT2D eigenvalue weighted by Crippen LogP contribution is 2.64. The molecule has 1 N–H and O–H groups in total. The summed E-state index contributed by atoms with van der Waals surface area (Å²) in [6.07, 6.45) is 0. The molecule has 14 heavy (non-hydrogen) atoms. The molecule has 0 unspecified atom stereocenters. The predicted octanol–water partition coefficient (Wildman–Crippen LogP) is 2.41. The van der Waals surface area contributed by atoms with Gasteiger partial charge in [0.25, 0.3) is 0 Å². The van der Waals surface area contributed by atoms with Gasteiger partial charge < -0.3 is 9.52 Å². The number of carboxylic acids is 1. The third kappa shape index (κ3) is 1.15. The molecule has 1 aromatic rings. The van der Waals surface area contributed by atoms with Crippen molar-refractivity contribution in [2.45, 2.75) is 26.7 Å². The molecule has 1 saturated carbocycles. The van der Waals surface area contributed by atoms with Crippen LogP contribution in [0.4, 0.5) is 0 Å². The van der Waals surface area contributed by atoms with E-state index in [0.29, 0.717) is 0 Å². The van der Waals surface area contributed by atoms with Crippen LogP contribution in [0.25, 0.3) is 0 Å². The number of carbonyl (C=O) groups is 1. The van der Waals surface area contributed by atoms with E-state index in [1.54, 1.807) is 0 Å². The summed E-state index contributed by atoms with van der Waals surface area (Å²) in [6.45, 7) is 5.80. The van der Waals surface area contributed by atoms with E-state index in [0.717, 1.165) is 11.5 Å². The van der Waals surface area contributed by atoms with Crippen molar-refractivity contribution in [3.8, 4) is 0 Å². The summed E-state index contributed by atoms with van der Waals surface area (Å²) in [6, 6.07) is 3.76. The maximum absolute atomic E-state index is 10.9. The van der Waals surface area contributed by atoms with Crippen LogP contribution in [0.15, 0.2) is 16.5 Å². The van der Waals surface area contributed by atoms with E-state index in [1.807, 2.05) is 32.9 Å².